The number of aliphatic hydroxyl groups is 1. The fraction of sp³-hybridized carbons (Fsp3) is 0.946. The first-order valence-corrected chi connectivity index (χ1v) is 41.2. The van der Waals surface area contributed by atoms with Crippen LogP contribution in [-0.4, -0.2) is 96.7 Å². The lowest BCUT2D eigenvalue weighted by Gasteiger charge is -2.21. The first-order valence-electron chi connectivity index (χ1n) is 38.2. The summed E-state index contributed by atoms with van der Waals surface area (Å²) in [5.41, 5.74) is 0. The molecule has 19 heteroatoms. The quantitative estimate of drug-likeness (QED) is 0.0222. The van der Waals surface area contributed by atoms with E-state index in [0.29, 0.717) is 31.6 Å². The van der Waals surface area contributed by atoms with Crippen molar-refractivity contribution in [1.82, 2.24) is 0 Å². The van der Waals surface area contributed by atoms with Gasteiger partial charge in [0.15, 0.2) is 12.2 Å². The van der Waals surface area contributed by atoms with E-state index in [2.05, 4.69) is 55.4 Å². The van der Waals surface area contributed by atoms with E-state index in [1.807, 2.05) is 0 Å². The molecule has 3 unspecified atom stereocenters. The third-order valence-corrected chi connectivity index (χ3v) is 19.0. The lowest BCUT2D eigenvalue weighted by Crippen LogP contribution is -2.30. The molecule has 0 saturated heterocycles. The summed E-state index contributed by atoms with van der Waals surface area (Å²) in [6.07, 6.45) is 47.2. The van der Waals surface area contributed by atoms with Crippen molar-refractivity contribution in [3.05, 3.63) is 0 Å². The summed E-state index contributed by atoms with van der Waals surface area (Å²) in [6, 6.07) is 0. The number of esters is 4. The summed E-state index contributed by atoms with van der Waals surface area (Å²) in [7, 11) is -9.91. The van der Waals surface area contributed by atoms with E-state index < -0.39 is 97.5 Å². The number of phosphoric acid groups is 2. The number of rotatable bonds is 71. The van der Waals surface area contributed by atoms with E-state index in [9.17, 15) is 43.2 Å². The Hall–Kier alpha value is -1.94. The molecule has 0 fully saturated rings. The van der Waals surface area contributed by atoms with Crippen molar-refractivity contribution >= 4 is 39.5 Å². The van der Waals surface area contributed by atoms with Gasteiger partial charge >= 0.3 is 39.5 Å². The minimum Gasteiger partial charge on any atom is -0.462 e. The number of hydrogen-bond acceptors (Lipinski definition) is 15. The summed E-state index contributed by atoms with van der Waals surface area (Å²) in [4.78, 5) is 72.7. The normalized spacial score (nSPS) is 14.2. The highest BCUT2D eigenvalue weighted by Crippen LogP contribution is 2.45. The van der Waals surface area contributed by atoms with Crippen molar-refractivity contribution < 1.29 is 80.2 Å². The molecule has 0 bridgehead atoms. The second kappa shape index (κ2) is 63.5. The monoisotopic (exact) mass is 1370 g/mol. The van der Waals surface area contributed by atoms with E-state index in [1.54, 1.807) is 0 Å². The Morgan fingerprint density at radius 3 is 0.667 bits per heavy atom. The summed E-state index contributed by atoms with van der Waals surface area (Å²) in [5.74, 6) is 0.887. The third-order valence-electron chi connectivity index (χ3n) is 17.1. The first kappa shape index (κ1) is 91.1. The Bertz CT molecular complexity index is 1830. The lowest BCUT2D eigenvalue weighted by atomic mass is 10.0. The van der Waals surface area contributed by atoms with Crippen molar-refractivity contribution in [1.29, 1.82) is 0 Å². The largest absolute Gasteiger partial charge is 0.472 e. The number of carbonyl (C=O) groups is 4. The van der Waals surface area contributed by atoms with Gasteiger partial charge < -0.3 is 33.8 Å². The number of phosphoric ester groups is 2. The van der Waals surface area contributed by atoms with Crippen LogP contribution in [0.15, 0.2) is 0 Å². The van der Waals surface area contributed by atoms with Gasteiger partial charge in [0.25, 0.3) is 0 Å². The summed E-state index contributed by atoms with van der Waals surface area (Å²) < 4.78 is 68.4. The van der Waals surface area contributed by atoms with Gasteiger partial charge in [-0.05, 0) is 49.4 Å². The van der Waals surface area contributed by atoms with Gasteiger partial charge in [0.1, 0.15) is 19.3 Å². The molecule has 0 aliphatic rings. The third kappa shape index (κ3) is 68.4. The minimum atomic E-state index is -4.96. The Labute approximate surface area is 568 Å². The van der Waals surface area contributed by atoms with Crippen LogP contribution in [-0.2, 0) is 65.4 Å². The molecule has 17 nitrogen and oxygen atoms in total. The molecule has 0 aliphatic carbocycles. The SMILES string of the molecule is CC(C)CCCCCCCCCCCCCCCCC(=O)O[C@H](COC(=O)CCCCCCCCCCCCC(C)C)COP(=O)(O)OCC(O)COP(=O)(O)OC[C@@H](COC(=O)CCCCCCCCCC(C)C)OC(=O)CCCCCCCCCCCCC(C)C. The van der Waals surface area contributed by atoms with Crippen LogP contribution >= 0.6 is 15.6 Å². The molecule has 0 spiro atoms. The van der Waals surface area contributed by atoms with Gasteiger partial charge in [-0.25, -0.2) is 9.13 Å². The fourth-order valence-electron chi connectivity index (χ4n) is 11.2. The van der Waals surface area contributed by atoms with E-state index >= 15 is 0 Å². The van der Waals surface area contributed by atoms with E-state index in [1.165, 1.54) is 167 Å². The van der Waals surface area contributed by atoms with E-state index in [-0.39, 0.29) is 25.7 Å². The smallest absolute Gasteiger partial charge is 0.462 e. The molecule has 0 rings (SSSR count). The number of hydrogen-bond donors (Lipinski definition) is 3. The molecule has 0 radical (unpaired) electrons. The van der Waals surface area contributed by atoms with Crippen LogP contribution in [0.1, 0.15) is 370 Å². The molecule has 3 N–H and O–H groups in total. The first-order chi connectivity index (χ1) is 44.6. The van der Waals surface area contributed by atoms with Gasteiger partial charge in [-0.2, -0.15) is 0 Å². The average molecular weight is 1370 g/mol. The van der Waals surface area contributed by atoms with Crippen LogP contribution < -0.4 is 0 Å². The lowest BCUT2D eigenvalue weighted by molar-refractivity contribution is -0.161. The second-order valence-electron chi connectivity index (χ2n) is 28.6. The molecular weight excluding hydrogens is 1220 g/mol. The molecule has 0 aromatic rings. The highest BCUT2D eigenvalue weighted by atomic mass is 31.2. The van der Waals surface area contributed by atoms with Gasteiger partial charge in [-0.1, -0.05) is 319 Å². The highest BCUT2D eigenvalue weighted by Gasteiger charge is 2.30. The van der Waals surface area contributed by atoms with Crippen LogP contribution in [0.5, 0.6) is 0 Å². The Morgan fingerprint density at radius 2 is 0.452 bits per heavy atom. The Kier molecular flexibility index (Phi) is 62.2. The van der Waals surface area contributed by atoms with Gasteiger partial charge in [-0.3, -0.25) is 37.3 Å². The molecular formula is C74H144O17P2. The maximum atomic E-state index is 13.1. The molecule has 0 aromatic heterocycles. The zero-order valence-corrected chi connectivity index (χ0v) is 62.7. The van der Waals surface area contributed by atoms with Crippen molar-refractivity contribution in [3.8, 4) is 0 Å². The van der Waals surface area contributed by atoms with Gasteiger partial charge in [0.05, 0.1) is 26.4 Å². The topological polar surface area (TPSA) is 237 Å². The minimum absolute atomic E-state index is 0.105. The van der Waals surface area contributed by atoms with Gasteiger partial charge in [0, 0.05) is 25.7 Å². The molecule has 5 atom stereocenters. The van der Waals surface area contributed by atoms with Crippen molar-refractivity contribution in [3.63, 3.8) is 0 Å². The zero-order valence-electron chi connectivity index (χ0n) is 60.9. The molecule has 0 amide bonds. The number of aliphatic hydroxyl groups excluding tert-OH is 1. The second-order valence-corrected chi connectivity index (χ2v) is 31.5. The predicted octanol–water partition coefficient (Wildman–Crippen LogP) is 21.3. The van der Waals surface area contributed by atoms with Crippen LogP contribution in [0.25, 0.3) is 0 Å². The van der Waals surface area contributed by atoms with Gasteiger partial charge in [-0.15, -0.1) is 0 Å². The molecule has 0 saturated carbocycles. The maximum Gasteiger partial charge on any atom is 0.472 e. The Morgan fingerprint density at radius 1 is 0.269 bits per heavy atom. The number of ether oxygens (including phenoxy) is 4. The summed E-state index contributed by atoms with van der Waals surface area (Å²) in [6.45, 7) is 14.1. The number of unbranched alkanes of at least 4 members (excludes halogenated alkanes) is 37. The number of carbonyl (C=O) groups excluding carboxylic acids is 4. The predicted molar refractivity (Wildman–Crippen MR) is 377 cm³/mol. The van der Waals surface area contributed by atoms with Crippen LogP contribution in [0.4, 0.5) is 0 Å². The molecule has 93 heavy (non-hydrogen) atoms. The highest BCUT2D eigenvalue weighted by molar-refractivity contribution is 7.47. The molecule has 0 heterocycles. The average Bonchev–Trinajstić information content (AvgIpc) is 3.64. The summed E-state index contributed by atoms with van der Waals surface area (Å²) in [5, 5.41) is 10.6. The zero-order chi connectivity index (χ0) is 68.9. The van der Waals surface area contributed by atoms with Crippen molar-refractivity contribution in [2.75, 3.05) is 39.6 Å². The van der Waals surface area contributed by atoms with Crippen molar-refractivity contribution in [2.45, 2.75) is 388 Å². The van der Waals surface area contributed by atoms with Crippen LogP contribution in [0.3, 0.4) is 0 Å². The molecule has 552 valence electrons. The molecule has 0 aromatic carbocycles. The standard InChI is InChI=1S/C74H144O17P2/c1-64(2)50-42-34-26-19-13-11-9-10-12-14-23-31-40-48-56-73(78)90-69(60-84-71(76)54-46-38-30-22-17-15-20-27-35-43-51-65(3)4)62-88-92(80,81)86-58-68(75)59-87-93(82,83)89-63-70(61-85-72(77)55-47-39-33-25-29-37-45-53-67(7)8)91-74(79)57-49-41-32-24-18-16-21-28-36-44-52-66(5)6/h64-70,75H,9-63H2,1-8H3,(H,80,81)(H,82,83)/t68?,69-,70-/m1/s1. The summed E-state index contributed by atoms with van der Waals surface area (Å²) >= 11 is 0. The maximum absolute atomic E-state index is 13.1. The van der Waals surface area contributed by atoms with Crippen LogP contribution in [0, 0.1) is 23.7 Å². The van der Waals surface area contributed by atoms with E-state index in [4.69, 9.17) is 37.0 Å². The fourth-order valence-corrected chi connectivity index (χ4v) is 12.8. The van der Waals surface area contributed by atoms with Crippen molar-refractivity contribution in [2.24, 2.45) is 23.7 Å². The van der Waals surface area contributed by atoms with Crippen LogP contribution in [0.2, 0.25) is 0 Å². The van der Waals surface area contributed by atoms with Gasteiger partial charge in [0.2, 0.25) is 0 Å². The molecule has 0 aliphatic heterocycles. The van der Waals surface area contributed by atoms with E-state index in [0.717, 1.165) is 114 Å². The Balaban J connectivity index is 5.25.